The second kappa shape index (κ2) is 15.7. The van der Waals surface area contributed by atoms with Crippen molar-refractivity contribution in [3.8, 4) is 16.9 Å². The number of nitrogens with one attached hydrogen (secondary N) is 1. The summed E-state index contributed by atoms with van der Waals surface area (Å²) in [4.78, 5) is 29.4. The molecule has 0 radical (unpaired) electrons. The molecule has 1 saturated heterocycles. The number of rotatable bonds is 12. The van der Waals surface area contributed by atoms with E-state index in [0.29, 0.717) is 31.5 Å². The van der Waals surface area contributed by atoms with Crippen molar-refractivity contribution in [2.24, 2.45) is 0 Å². The first-order chi connectivity index (χ1) is 23.0. The summed E-state index contributed by atoms with van der Waals surface area (Å²) in [5.41, 5.74) is 4.84. The minimum Gasteiger partial charge on any atom is -0.489 e. The van der Waals surface area contributed by atoms with Gasteiger partial charge in [-0.1, -0.05) is 36.4 Å². The molecule has 256 valence electrons. The Morgan fingerprint density at radius 3 is 2.52 bits per heavy atom. The maximum atomic E-state index is 12.3. The van der Waals surface area contributed by atoms with Crippen LogP contribution < -0.4 is 10.1 Å². The molecule has 9 heteroatoms. The molecule has 2 heterocycles. The highest BCUT2D eigenvalue weighted by atomic mass is 16.6. The molecule has 9 nitrogen and oxygen atoms in total. The SMILES string of the molecule is CCOC(=O)Cc1ccccc1OCc1cc(-c2cccc(CNC(=O)OC(C)(C)C)c2)c2oc(CN(C)C3CCN(C)CC3)cc2c1. The molecule has 0 spiro atoms. The molecule has 1 fully saturated rings. The number of hydrogen-bond acceptors (Lipinski definition) is 8. The molecule has 0 bridgehead atoms. The minimum absolute atomic E-state index is 0.147. The molecule has 1 aliphatic heterocycles. The number of carbonyl (C=O) groups is 2. The van der Waals surface area contributed by atoms with Crippen LogP contribution in [0.3, 0.4) is 0 Å². The molecule has 0 unspecified atom stereocenters. The van der Waals surface area contributed by atoms with Crippen molar-refractivity contribution < 1.29 is 28.2 Å². The van der Waals surface area contributed by atoms with Gasteiger partial charge in [0.2, 0.25) is 0 Å². The van der Waals surface area contributed by atoms with E-state index in [0.717, 1.165) is 77.0 Å². The lowest BCUT2D eigenvalue weighted by Gasteiger charge is -2.34. The smallest absolute Gasteiger partial charge is 0.407 e. The van der Waals surface area contributed by atoms with Crippen LogP contribution in [0.15, 0.2) is 71.1 Å². The van der Waals surface area contributed by atoms with Crippen molar-refractivity contribution in [2.75, 3.05) is 33.8 Å². The number of fused-ring (bicyclic) bond motifs is 1. The van der Waals surface area contributed by atoms with Gasteiger partial charge in [0.05, 0.1) is 19.6 Å². The number of likely N-dealkylation sites (tertiary alicyclic amines) is 1. The van der Waals surface area contributed by atoms with Gasteiger partial charge in [-0.15, -0.1) is 0 Å². The highest BCUT2D eigenvalue weighted by Crippen LogP contribution is 2.34. The van der Waals surface area contributed by atoms with Crippen LogP contribution in [0.4, 0.5) is 4.79 Å². The number of nitrogens with zero attached hydrogens (tertiary/aromatic N) is 2. The van der Waals surface area contributed by atoms with Gasteiger partial charge < -0.3 is 28.8 Å². The molecule has 5 rings (SSSR count). The number of piperidine rings is 1. The van der Waals surface area contributed by atoms with E-state index < -0.39 is 11.7 Å². The maximum absolute atomic E-state index is 12.3. The Morgan fingerprint density at radius 2 is 1.77 bits per heavy atom. The third kappa shape index (κ3) is 9.61. The predicted octanol–water partition coefficient (Wildman–Crippen LogP) is 7.34. The summed E-state index contributed by atoms with van der Waals surface area (Å²) in [6.45, 7) is 11.2. The van der Waals surface area contributed by atoms with Crippen molar-refractivity contribution in [2.45, 2.75) is 78.3 Å². The molecule has 4 aromatic rings. The third-order valence-corrected chi connectivity index (χ3v) is 8.52. The largest absolute Gasteiger partial charge is 0.489 e. The monoisotopic (exact) mass is 655 g/mol. The topological polar surface area (TPSA) is 93.5 Å². The average molecular weight is 656 g/mol. The number of carbonyl (C=O) groups excluding carboxylic acids is 2. The molecular weight excluding hydrogens is 606 g/mol. The average Bonchev–Trinajstić information content (AvgIpc) is 3.45. The van der Waals surface area contributed by atoms with Gasteiger partial charge in [0.15, 0.2) is 0 Å². The van der Waals surface area contributed by atoms with Gasteiger partial charge in [-0.25, -0.2) is 4.79 Å². The Hall–Kier alpha value is -4.34. The van der Waals surface area contributed by atoms with E-state index in [1.165, 1.54) is 0 Å². The fourth-order valence-electron chi connectivity index (χ4n) is 6.11. The summed E-state index contributed by atoms with van der Waals surface area (Å²) in [5.74, 6) is 1.28. The van der Waals surface area contributed by atoms with Gasteiger partial charge in [0.1, 0.15) is 29.3 Å². The summed E-state index contributed by atoms with van der Waals surface area (Å²) in [7, 11) is 4.36. The van der Waals surface area contributed by atoms with Crippen LogP contribution in [0.25, 0.3) is 22.1 Å². The van der Waals surface area contributed by atoms with E-state index in [1.54, 1.807) is 6.92 Å². The van der Waals surface area contributed by atoms with E-state index in [9.17, 15) is 9.59 Å². The lowest BCUT2D eigenvalue weighted by molar-refractivity contribution is -0.142. The van der Waals surface area contributed by atoms with E-state index >= 15 is 0 Å². The van der Waals surface area contributed by atoms with Crippen LogP contribution in [0.2, 0.25) is 0 Å². The molecule has 0 aliphatic carbocycles. The summed E-state index contributed by atoms with van der Waals surface area (Å²) >= 11 is 0. The fourth-order valence-corrected chi connectivity index (χ4v) is 6.11. The zero-order valence-corrected chi connectivity index (χ0v) is 29.1. The van der Waals surface area contributed by atoms with Crippen molar-refractivity contribution in [1.82, 2.24) is 15.1 Å². The van der Waals surface area contributed by atoms with Crippen LogP contribution in [-0.4, -0.2) is 67.3 Å². The minimum atomic E-state index is -0.572. The van der Waals surface area contributed by atoms with Crippen LogP contribution in [0.1, 0.15) is 63.0 Å². The first-order valence-corrected chi connectivity index (χ1v) is 16.8. The van der Waals surface area contributed by atoms with Crippen molar-refractivity contribution >= 4 is 23.0 Å². The zero-order valence-electron chi connectivity index (χ0n) is 29.1. The van der Waals surface area contributed by atoms with Crippen LogP contribution in [0, 0.1) is 0 Å². The van der Waals surface area contributed by atoms with E-state index in [4.69, 9.17) is 18.6 Å². The molecule has 0 atom stereocenters. The first kappa shape index (κ1) is 35.0. The standard InChI is InChI=1S/C39H49N3O6/c1-7-45-36(43)23-30-12-8-9-14-35(30)46-26-28-20-31-22-33(25-42(6)32-15-17-41(5)18-16-32)47-37(31)34(21-28)29-13-10-11-27(19-29)24-40-38(44)48-39(2,3)4/h8-14,19-22,32H,7,15-18,23-26H2,1-6H3,(H,40,44). The normalized spacial score (nSPS) is 14.3. The molecule has 0 saturated carbocycles. The van der Waals surface area contributed by atoms with Gasteiger partial charge >= 0.3 is 12.1 Å². The maximum Gasteiger partial charge on any atom is 0.407 e. The Kier molecular flexibility index (Phi) is 11.4. The van der Waals surface area contributed by atoms with Crippen LogP contribution >= 0.6 is 0 Å². The van der Waals surface area contributed by atoms with Gasteiger partial charge in [0.25, 0.3) is 0 Å². The van der Waals surface area contributed by atoms with Crippen molar-refractivity contribution in [3.63, 3.8) is 0 Å². The third-order valence-electron chi connectivity index (χ3n) is 8.52. The van der Waals surface area contributed by atoms with Gasteiger partial charge in [-0.3, -0.25) is 9.69 Å². The second-order valence-corrected chi connectivity index (χ2v) is 13.7. The summed E-state index contributed by atoms with van der Waals surface area (Å²) < 4.78 is 23.5. The quantitative estimate of drug-likeness (QED) is 0.159. The van der Waals surface area contributed by atoms with E-state index in [-0.39, 0.29) is 12.4 Å². The Balaban J connectivity index is 1.42. The number of para-hydroxylation sites is 1. The zero-order chi connectivity index (χ0) is 34.3. The molecular formula is C39H49N3O6. The molecule has 1 aromatic heterocycles. The summed E-state index contributed by atoms with van der Waals surface area (Å²) in [5, 5.41) is 3.86. The highest BCUT2D eigenvalue weighted by molar-refractivity contribution is 5.93. The Morgan fingerprint density at radius 1 is 1.00 bits per heavy atom. The predicted molar refractivity (Wildman–Crippen MR) is 188 cm³/mol. The number of furan rings is 1. The molecule has 48 heavy (non-hydrogen) atoms. The van der Waals surface area contributed by atoms with Gasteiger partial charge in [-0.2, -0.15) is 0 Å². The lowest BCUT2D eigenvalue weighted by atomic mass is 9.99. The molecule has 1 aliphatic rings. The number of alkyl carbamates (subject to hydrolysis) is 1. The molecule has 1 amide bonds. The van der Waals surface area contributed by atoms with Crippen molar-refractivity contribution in [1.29, 1.82) is 0 Å². The Bertz CT molecular complexity index is 1700. The first-order valence-electron chi connectivity index (χ1n) is 16.8. The number of esters is 1. The number of benzene rings is 3. The Labute approximate surface area is 284 Å². The van der Waals surface area contributed by atoms with Gasteiger partial charge in [0, 0.05) is 29.1 Å². The van der Waals surface area contributed by atoms with Crippen LogP contribution in [-0.2, 0) is 40.4 Å². The summed E-state index contributed by atoms with van der Waals surface area (Å²) in [6, 6.07) is 22.5. The van der Waals surface area contributed by atoms with E-state index in [1.807, 2.05) is 57.2 Å². The summed E-state index contributed by atoms with van der Waals surface area (Å²) in [6.07, 6.45) is 1.97. The second-order valence-electron chi connectivity index (χ2n) is 13.7. The lowest BCUT2D eigenvalue weighted by Crippen LogP contribution is -2.41. The fraction of sp³-hybridized carbons (Fsp3) is 0.436. The number of hydrogen-bond donors (Lipinski definition) is 1. The molecule has 3 aromatic carbocycles. The number of ether oxygens (including phenoxy) is 3. The molecule has 1 N–H and O–H groups in total. The van der Waals surface area contributed by atoms with Crippen LogP contribution in [0.5, 0.6) is 5.75 Å². The van der Waals surface area contributed by atoms with Crippen molar-refractivity contribution in [3.05, 3.63) is 89.2 Å². The number of amides is 1. The van der Waals surface area contributed by atoms with Gasteiger partial charge in [-0.05, 0) is 115 Å². The van der Waals surface area contributed by atoms with E-state index in [2.05, 4.69) is 59.5 Å². The highest BCUT2D eigenvalue weighted by Gasteiger charge is 2.22.